The first-order valence-corrected chi connectivity index (χ1v) is 6.31. The maximum Gasteiger partial charge on any atom is 0.416 e. The van der Waals surface area contributed by atoms with Crippen LogP contribution in [0.2, 0.25) is 0 Å². The number of carbonyl (C=O) groups is 2. The molecule has 116 valence electrons. The van der Waals surface area contributed by atoms with Gasteiger partial charge >= 0.3 is 18.1 Å². The summed E-state index contributed by atoms with van der Waals surface area (Å²) in [7, 11) is 0. The largest absolute Gasteiger partial charge is 0.466 e. The zero-order chi connectivity index (χ0) is 15.9. The summed E-state index contributed by atoms with van der Waals surface area (Å²) < 4.78 is 47.5. The van der Waals surface area contributed by atoms with Gasteiger partial charge in [0, 0.05) is 5.56 Å². The number of hydrogen-bond donors (Lipinski definition) is 0. The average Bonchev–Trinajstić information content (AvgIpc) is 2.42. The van der Waals surface area contributed by atoms with Gasteiger partial charge in [-0.3, -0.25) is 9.59 Å². The molecule has 0 atom stereocenters. The molecule has 4 nitrogen and oxygen atoms in total. The highest BCUT2D eigenvalue weighted by Crippen LogP contribution is 2.32. The molecule has 0 unspecified atom stereocenters. The average molecular weight is 304 g/mol. The van der Waals surface area contributed by atoms with Crippen LogP contribution in [0.25, 0.3) is 0 Å². The number of carbonyl (C=O) groups excluding carboxylic acids is 2. The van der Waals surface area contributed by atoms with Crippen LogP contribution in [0.1, 0.15) is 30.9 Å². The molecule has 7 heteroatoms. The molecule has 21 heavy (non-hydrogen) atoms. The minimum absolute atomic E-state index is 0.130. The molecule has 1 aromatic carbocycles. The minimum atomic E-state index is -4.51. The van der Waals surface area contributed by atoms with Crippen LogP contribution in [0.5, 0.6) is 0 Å². The first-order chi connectivity index (χ1) is 9.84. The Labute approximate surface area is 119 Å². The zero-order valence-electron chi connectivity index (χ0n) is 11.4. The normalized spacial score (nSPS) is 11.0. The molecule has 0 amide bonds. The van der Waals surface area contributed by atoms with E-state index in [0.29, 0.717) is 0 Å². The van der Waals surface area contributed by atoms with Crippen molar-refractivity contribution < 1.29 is 32.2 Å². The number of halogens is 3. The fraction of sp³-hybridized carbons (Fsp3) is 0.429. The van der Waals surface area contributed by atoms with Gasteiger partial charge in [-0.15, -0.1) is 0 Å². The van der Waals surface area contributed by atoms with Crippen LogP contribution in [0.3, 0.4) is 0 Å². The van der Waals surface area contributed by atoms with Crippen molar-refractivity contribution in [3.63, 3.8) is 0 Å². The van der Waals surface area contributed by atoms with Gasteiger partial charge in [-0.2, -0.15) is 13.2 Å². The first kappa shape index (κ1) is 17.0. The third kappa shape index (κ3) is 5.85. The standard InChI is InChI=1S/C14H15F3O4/c1-2-20-12(18)7-8-13(19)21-9-10-5-3-4-6-11(10)14(15,16)17/h3-6H,2,7-9H2,1H3. The van der Waals surface area contributed by atoms with Gasteiger partial charge in [0.05, 0.1) is 25.0 Å². The van der Waals surface area contributed by atoms with E-state index < -0.39 is 30.3 Å². The number of benzene rings is 1. The van der Waals surface area contributed by atoms with Crippen LogP contribution in [-0.4, -0.2) is 18.5 Å². The second-order valence-electron chi connectivity index (χ2n) is 4.12. The molecular weight excluding hydrogens is 289 g/mol. The van der Waals surface area contributed by atoms with Crippen molar-refractivity contribution in [1.29, 1.82) is 0 Å². The second-order valence-corrected chi connectivity index (χ2v) is 4.12. The molecule has 1 rings (SSSR count). The van der Waals surface area contributed by atoms with Gasteiger partial charge in [0.2, 0.25) is 0 Å². The molecule has 0 fully saturated rings. The van der Waals surface area contributed by atoms with E-state index in [1.54, 1.807) is 6.92 Å². The number of ether oxygens (including phenoxy) is 2. The summed E-state index contributed by atoms with van der Waals surface area (Å²) in [6.45, 7) is 1.34. The number of rotatable bonds is 6. The van der Waals surface area contributed by atoms with Crippen molar-refractivity contribution in [3.05, 3.63) is 35.4 Å². The van der Waals surface area contributed by atoms with Crippen LogP contribution in [0.4, 0.5) is 13.2 Å². The lowest BCUT2D eigenvalue weighted by Crippen LogP contribution is -2.13. The summed E-state index contributed by atoms with van der Waals surface area (Å²) in [5.74, 6) is -1.30. The monoisotopic (exact) mass is 304 g/mol. The van der Waals surface area contributed by atoms with Crippen molar-refractivity contribution in [2.24, 2.45) is 0 Å². The summed E-state index contributed by atoms with van der Waals surface area (Å²) >= 11 is 0. The van der Waals surface area contributed by atoms with Gasteiger partial charge in [-0.25, -0.2) is 0 Å². The fourth-order valence-corrected chi connectivity index (χ4v) is 1.59. The smallest absolute Gasteiger partial charge is 0.416 e. The van der Waals surface area contributed by atoms with Gasteiger partial charge in [0.15, 0.2) is 0 Å². The molecule has 0 saturated carbocycles. The molecule has 0 spiro atoms. The Morgan fingerprint density at radius 3 is 2.19 bits per heavy atom. The summed E-state index contributed by atoms with van der Waals surface area (Å²) in [5, 5.41) is 0. The van der Waals surface area contributed by atoms with Crippen LogP contribution >= 0.6 is 0 Å². The Balaban J connectivity index is 2.52. The van der Waals surface area contributed by atoms with E-state index in [2.05, 4.69) is 4.74 Å². The summed E-state index contributed by atoms with van der Waals surface area (Å²) in [6, 6.07) is 4.84. The first-order valence-electron chi connectivity index (χ1n) is 6.31. The van der Waals surface area contributed by atoms with Gasteiger partial charge in [-0.1, -0.05) is 18.2 Å². The van der Waals surface area contributed by atoms with E-state index in [1.165, 1.54) is 18.2 Å². The van der Waals surface area contributed by atoms with Crippen LogP contribution in [0, 0.1) is 0 Å². The van der Waals surface area contributed by atoms with E-state index in [4.69, 9.17) is 4.74 Å². The van der Waals surface area contributed by atoms with E-state index in [1.807, 2.05) is 0 Å². The molecular formula is C14H15F3O4. The maximum atomic E-state index is 12.7. The van der Waals surface area contributed by atoms with Crippen molar-refractivity contribution in [2.75, 3.05) is 6.61 Å². The number of alkyl halides is 3. The third-order valence-corrected chi connectivity index (χ3v) is 2.55. The van der Waals surface area contributed by atoms with Crippen LogP contribution in [-0.2, 0) is 31.8 Å². The minimum Gasteiger partial charge on any atom is -0.466 e. The molecule has 0 bridgehead atoms. The summed E-state index contributed by atoms with van der Waals surface area (Å²) in [4.78, 5) is 22.4. The highest BCUT2D eigenvalue weighted by molar-refractivity contribution is 5.77. The molecule has 0 N–H and O–H groups in total. The fourth-order valence-electron chi connectivity index (χ4n) is 1.59. The van der Waals surface area contributed by atoms with Crippen molar-refractivity contribution in [1.82, 2.24) is 0 Å². The van der Waals surface area contributed by atoms with Gasteiger partial charge < -0.3 is 9.47 Å². The Hall–Kier alpha value is -2.05. The highest BCUT2D eigenvalue weighted by atomic mass is 19.4. The Morgan fingerprint density at radius 1 is 1.05 bits per heavy atom. The third-order valence-electron chi connectivity index (χ3n) is 2.55. The summed E-state index contributed by atoms with van der Waals surface area (Å²) in [5.41, 5.74) is -0.974. The van der Waals surface area contributed by atoms with E-state index in [9.17, 15) is 22.8 Å². The lowest BCUT2D eigenvalue weighted by Gasteiger charge is -2.12. The molecule has 0 aromatic heterocycles. The zero-order valence-corrected chi connectivity index (χ0v) is 11.4. The van der Waals surface area contributed by atoms with Gasteiger partial charge in [0.1, 0.15) is 6.61 Å². The lowest BCUT2D eigenvalue weighted by molar-refractivity contribution is -0.151. The number of esters is 2. The van der Waals surface area contributed by atoms with E-state index in [-0.39, 0.29) is 25.0 Å². The topological polar surface area (TPSA) is 52.6 Å². The lowest BCUT2D eigenvalue weighted by atomic mass is 10.1. The van der Waals surface area contributed by atoms with Gasteiger partial charge in [-0.05, 0) is 13.0 Å². The van der Waals surface area contributed by atoms with E-state index >= 15 is 0 Å². The van der Waals surface area contributed by atoms with Crippen molar-refractivity contribution in [3.8, 4) is 0 Å². The molecule has 0 aliphatic rings. The maximum absolute atomic E-state index is 12.7. The predicted molar refractivity (Wildman–Crippen MR) is 67.1 cm³/mol. The van der Waals surface area contributed by atoms with Crippen LogP contribution < -0.4 is 0 Å². The van der Waals surface area contributed by atoms with E-state index in [0.717, 1.165) is 6.07 Å². The van der Waals surface area contributed by atoms with Crippen LogP contribution in [0.15, 0.2) is 24.3 Å². The molecule has 0 saturated heterocycles. The Kier molecular flexibility index (Phi) is 6.20. The SMILES string of the molecule is CCOC(=O)CCC(=O)OCc1ccccc1C(F)(F)F. The molecule has 0 aliphatic heterocycles. The molecule has 0 heterocycles. The molecule has 0 aliphatic carbocycles. The summed E-state index contributed by atoms with van der Waals surface area (Å²) in [6.07, 6.45) is -4.89. The van der Waals surface area contributed by atoms with Crippen molar-refractivity contribution >= 4 is 11.9 Å². The molecule has 1 aromatic rings. The van der Waals surface area contributed by atoms with Gasteiger partial charge in [0.25, 0.3) is 0 Å². The highest BCUT2D eigenvalue weighted by Gasteiger charge is 2.33. The Bertz CT molecular complexity index is 497. The second kappa shape index (κ2) is 7.66. The predicted octanol–water partition coefficient (Wildman–Crippen LogP) is 3.09. The quantitative estimate of drug-likeness (QED) is 0.758. The van der Waals surface area contributed by atoms with Crippen molar-refractivity contribution in [2.45, 2.75) is 32.5 Å². The molecule has 0 radical (unpaired) electrons. The number of hydrogen-bond acceptors (Lipinski definition) is 4. The Morgan fingerprint density at radius 2 is 1.62 bits per heavy atom.